The minimum atomic E-state index is 0.235. The molecule has 1 rings (SSSR count). The number of hydrogen-bond donors (Lipinski definition) is 2. The molecule has 1 aliphatic carbocycles. The van der Waals surface area contributed by atoms with Gasteiger partial charge in [0.05, 0.1) is 0 Å². The summed E-state index contributed by atoms with van der Waals surface area (Å²) in [5.41, 5.74) is 5.34. The number of amides is 1. The van der Waals surface area contributed by atoms with Crippen molar-refractivity contribution in [3.8, 4) is 0 Å². The Bertz CT molecular complexity index is 170. The van der Waals surface area contributed by atoms with Gasteiger partial charge in [-0.3, -0.25) is 4.79 Å². The maximum Gasteiger partial charge on any atom is 0.223 e. The van der Waals surface area contributed by atoms with Crippen molar-refractivity contribution in [3.05, 3.63) is 0 Å². The van der Waals surface area contributed by atoms with E-state index in [9.17, 15) is 4.79 Å². The first-order chi connectivity index (χ1) is 6.25. The Hall–Kier alpha value is -0.570. The number of carbonyl (C=O) groups is 1. The lowest BCUT2D eigenvalue weighted by Gasteiger charge is -2.14. The van der Waals surface area contributed by atoms with Crippen LogP contribution in [0.4, 0.5) is 0 Å². The number of hydrogen-bond acceptors (Lipinski definition) is 2. The smallest absolute Gasteiger partial charge is 0.223 e. The van der Waals surface area contributed by atoms with Gasteiger partial charge in [-0.25, -0.2) is 0 Å². The molecule has 2 unspecified atom stereocenters. The van der Waals surface area contributed by atoms with Crippen LogP contribution >= 0.6 is 0 Å². The molecule has 3 N–H and O–H groups in total. The topological polar surface area (TPSA) is 55.1 Å². The Labute approximate surface area is 80.1 Å². The van der Waals surface area contributed by atoms with Crippen molar-refractivity contribution in [1.82, 2.24) is 5.32 Å². The van der Waals surface area contributed by atoms with Crippen molar-refractivity contribution < 1.29 is 4.79 Å². The van der Waals surface area contributed by atoms with Crippen LogP contribution in [0.15, 0.2) is 0 Å². The summed E-state index contributed by atoms with van der Waals surface area (Å²) in [5.74, 6) is 1.06. The van der Waals surface area contributed by atoms with Gasteiger partial charge in [-0.05, 0) is 31.7 Å². The molecule has 0 aromatic carbocycles. The molecule has 3 nitrogen and oxygen atoms in total. The van der Waals surface area contributed by atoms with Crippen LogP contribution in [0.2, 0.25) is 0 Å². The summed E-state index contributed by atoms with van der Waals surface area (Å²) in [4.78, 5) is 11.6. The summed E-state index contributed by atoms with van der Waals surface area (Å²) in [6.07, 6.45) is 4.35. The molecular formula is C10H20N2O. The predicted octanol–water partition coefficient (Wildman–Crippen LogP) is 0.888. The van der Waals surface area contributed by atoms with Crippen LogP contribution in [0.5, 0.6) is 0 Å². The fourth-order valence-corrected chi connectivity index (χ4v) is 1.98. The molecule has 13 heavy (non-hydrogen) atoms. The highest BCUT2D eigenvalue weighted by Gasteiger charge is 2.28. The van der Waals surface area contributed by atoms with E-state index in [1.165, 1.54) is 12.8 Å². The van der Waals surface area contributed by atoms with Crippen LogP contribution in [-0.2, 0) is 4.79 Å². The maximum absolute atomic E-state index is 11.6. The van der Waals surface area contributed by atoms with E-state index in [-0.39, 0.29) is 11.8 Å². The molecule has 0 spiro atoms. The molecule has 0 bridgehead atoms. The van der Waals surface area contributed by atoms with Gasteiger partial charge in [0.1, 0.15) is 0 Å². The van der Waals surface area contributed by atoms with Crippen molar-refractivity contribution in [1.29, 1.82) is 0 Å². The van der Waals surface area contributed by atoms with Crippen molar-refractivity contribution >= 4 is 5.91 Å². The summed E-state index contributed by atoms with van der Waals surface area (Å²) in [7, 11) is 0. The van der Waals surface area contributed by atoms with Gasteiger partial charge in [-0.15, -0.1) is 0 Å². The average molecular weight is 184 g/mol. The van der Waals surface area contributed by atoms with E-state index in [0.29, 0.717) is 12.5 Å². The van der Waals surface area contributed by atoms with Crippen LogP contribution < -0.4 is 11.1 Å². The van der Waals surface area contributed by atoms with Gasteiger partial charge in [-0.2, -0.15) is 0 Å². The molecule has 76 valence electrons. The second kappa shape index (κ2) is 5.22. The number of carbonyl (C=O) groups excluding carboxylic acids is 1. The summed E-state index contributed by atoms with van der Waals surface area (Å²) < 4.78 is 0. The Morgan fingerprint density at radius 2 is 2.31 bits per heavy atom. The van der Waals surface area contributed by atoms with Gasteiger partial charge in [0.2, 0.25) is 5.91 Å². The van der Waals surface area contributed by atoms with Crippen molar-refractivity contribution in [2.24, 2.45) is 17.6 Å². The fraction of sp³-hybridized carbons (Fsp3) is 0.900. The Morgan fingerprint density at radius 3 is 2.85 bits per heavy atom. The second-order valence-corrected chi connectivity index (χ2v) is 3.95. The summed E-state index contributed by atoms with van der Waals surface area (Å²) in [6.45, 7) is 3.55. The fourth-order valence-electron chi connectivity index (χ4n) is 1.98. The van der Waals surface area contributed by atoms with E-state index in [1.54, 1.807) is 0 Å². The van der Waals surface area contributed by atoms with E-state index in [4.69, 9.17) is 5.73 Å². The molecule has 0 heterocycles. The van der Waals surface area contributed by atoms with Gasteiger partial charge in [0.15, 0.2) is 0 Å². The minimum absolute atomic E-state index is 0.235. The van der Waals surface area contributed by atoms with Gasteiger partial charge in [0.25, 0.3) is 0 Å². The lowest BCUT2D eigenvalue weighted by atomic mass is 9.97. The Morgan fingerprint density at radius 1 is 1.54 bits per heavy atom. The van der Waals surface area contributed by atoms with E-state index in [2.05, 4.69) is 12.2 Å². The van der Waals surface area contributed by atoms with Crippen molar-refractivity contribution in [2.75, 3.05) is 13.1 Å². The zero-order valence-electron chi connectivity index (χ0n) is 8.38. The number of rotatable bonds is 4. The van der Waals surface area contributed by atoms with Gasteiger partial charge in [0, 0.05) is 12.5 Å². The zero-order chi connectivity index (χ0) is 9.68. The molecule has 0 radical (unpaired) electrons. The third-order valence-electron chi connectivity index (χ3n) is 2.88. The van der Waals surface area contributed by atoms with Crippen LogP contribution in [-0.4, -0.2) is 19.0 Å². The molecule has 2 atom stereocenters. The molecule has 0 aromatic rings. The van der Waals surface area contributed by atoms with Crippen LogP contribution in [0.3, 0.4) is 0 Å². The molecule has 1 aliphatic rings. The van der Waals surface area contributed by atoms with Gasteiger partial charge in [-0.1, -0.05) is 13.3 Å². The standard InChI is InChI=1S/C10H20N2O/c1-8-4-2-5-9(8)10(13)12-7-3-6-11/h8-9H,2-7,11H2,1H3,(H,12,13). The van der Waals surface area contributed by atoms with Crippen molar-refractivity contribution in [3.63, 3.8) is 0 Å². The molecule has 0 saturated heterocycles. The molecular weight excluding hydrogens is 164 g/mol. The quantitative estimate of drug-likeness (QED) is 0.637. The minimum Gasteiger partial charge on any atom is -0.356 e. The normalized spacial score (nSPS) is 27.5. The highest BCUT2D eigenvalue weighted by atomic mass is 16.1. The number of nitrogens with two attached hydrogens (primary N) is 1. The first-order valence-electron chi connectivity index (χ1n) is 5.23. The predicted molar refractivity (Wildman–Crippen MR) is 53.2 cm³/mol. The van der Waals surface area contributed by atoms with Crippen LogP contribution in [0.25, 0.3) is 0 Å². The molecule has 3 heteroatoms. The highest BCUT2D eigenvalue weighted by Crippen LogP contribution is 2.30. The van der Waals surface area contributed by atoms with Crippen LogP contribution in [0, 0.1) is 11.8 Å². The SMILES string of the molecule is CC1CCCC1C(=O)NCCCN. The maximum atomic E-state index is 11.6. The lowest BCUT2D eigenvalue weighted by Crippen LogP contribution is -2.33. The zero-order valence-corrected chi connectivity index (χ0v) is 8.38. The monoisotopic (exact) mass is 184 g/mol. The van der Waals surface area contributed by atoms with Crippen molar-refractivity contribution in [2.45, 2.75) is 32.6 Å². The van der Waals surface area contributed by atoms with Gasteiger partial charge >= 0.3 is 0 Å². The summed E-state index contributed by atoms with van der Waals surface area (Å²) in [6, 6.07) is 0. The molecule has 1 saturated carbocycles. The van der Waals surface area contributed by atoms with E-state index in [0.717, 1.165) is 19.4 Å². The average Bonchev–Trinajstić information content (AvgIpc) is 2.52. The van der Waals surface area contributed by atoms with E-state index < -0.39 is 0 Å². The molecule has 0 aliphatic heterocycles. The third-order valence-corrected chi connectivity index (χ3v) is 2.88. The Balaban J connectivity index is 2.22. The van der Waals surface area contributed by atoms with Gasteiger partial charge < -0.3 is 11.1 Å². The first kappa shape index (κ1) is 10.5. The molecule has 1 fully saturated rings. The van der Waals surface area contributed by atoms with E-state index >= 15 is 0 Å². The summed E-state index contributed by atoms with van der Waals surface area (Å²) >= 11 is 0. The highest BCUT2D eigenvalue weighted by molar-refractivity contribution is 5.79. The second-order valence-electron chi connectivity index (χ2n) is 3.95. The summed E-state index contributed by atoms with van der Waals surface area (Å²) in [5, 5.41) is 2.94. The largest absolute Gasteiger partial charge is 0.356 e. The Kier molecular flexibility index (Phi) is 4.22. The first-order valence-corrected chi connectivity index (χ1v) is 5.23. The number of nitrogens with one attached hydrogen (secondary N) is 1. The molecule has 0 aromatic heterocycles. The lowest BCUT2D eigenvalue weighted by molar-refractivity contribution is -0.125. The third kappa shape index (κ3) is 2.99. The van der Waals surface area contributed by atoms with E-state index in [1.807, 2.05) is 0 Å². The molecule has 1 amide bonds. The van der Waals surface area contributed by atoms with Crippen LogP contribution in [0.1, 0.15) is 32.6 Å².